The molecule has 0 aliphatic carbocycles. The minimum Gasteiger partial charge on any atom is -0.303 e. The van der Waals surface area contributed by atoms with Crippen LogP contribution < -0.4 is 5.32 Å². The van der Waals surface area contributed by atoms with E-state index in [1.807, 2.05) is 0 Å². The summed E-state index contributed by atoms with van der Waals surface area (Å²) in [4.78, 5) is 2.62. The van der Waals surface area contributed by atoms with Crippen LogP contribution in [0.1, 0.15) is 25.7 Å². The molecule has 2 fully saturated rings. The minimum atomic E-state index is 0.886. The summed E-state index contributed by atoms with van der Waals surface area (Å²) < 4.78 is 0. The van der Waals surface area contributed by atoms with Crippen LogP contribution in [0.2, 0.25) is 0 Å². The summed E-state index contributed by atoms with van der Waals surface area (Å²) in [5, 5.41) is 4.47. The van der Waals surface area contributed by atoms with Gasteiger partial charge in [0.25, 0.3) is 0 Å². The van der Waals surface area contributed by atoms with E-state index in [-0.39, 0.29) is 0 Å². The van der Waals surface area contributed by atoms with Crippen molar-refractivity contribution in [2.75, 3.05) is 32.7 Å². The van der Waals surface area contributed by atoms with Crippen LogP contribution in [0.15, 0.2) is 0 Å². The van der Waals surface area contributed by atoms with E-state index in [0.717, 1.165) is 19.0 Å². The molecular formula is C10H19N2. The molecule has 0 saturated carbocycles. The molecular weight excluding hydrogens is 148 g/mol. The number of nitrogens with zero attached hydrogens (tertiary/aromatic N) is 2. The first-order valence-electron chi connectivity index (χ1n) is 5.31. The van der Waals surface area contributed by atoms with Crippen LogP contribution in [0, 0.1) is 5.92 Å². The van der Waals surface area contributed by atoms with Crippen molar-refractivity contribution in [1.82, 2.24) is 10.2 Å². The maximum Gasteiger partial charge on any atom is 0.0173 e. The van der Waals surface area contributed by atoms with Crippen molar-refractivity contribution in [2.45, 2.75) is 25.7 Å². The first-order valence-corrected chi connectivity index (χ1v) is 5.31. The quantitative estimate of drug-likeness (QED) is 0.602. The predicted molar refractivity (Wildman–Crippen MR) is 50.3 cm³/mol. The third-order valence-electron chi connectivity index (χ3n) is 3.03. The van der Waals surface area contributed by atoms with Gasteiger partial charge >= 0.3 is 0 Å². The topological polar surface area (TPSA) is 17.3 Å². The molecule has 2 saturated heterocycles. The molecule has 2 heterocycles. The summed E-state index contributed by atoms with van der Waals surface area (Å²) in [6.07, 6.45) is 5.59. The van der Waals surface area contributed by atoms with Gasteiger partial charge < -0.3 is 4.90 Å². The van der Waals surface area contributed by atoms with E-state index in [9.17, 15) is 0 Å². The monoisotopic (exact) mass is 167 g/mol. The summed E-state index contributed by atoms with van der Waals surface area (Å²) in [5.41, 5.74) is 0. The van der Waals surface area contributed by atoms with Gasteiger partial charge in [-0.1, -0.05) is 0 Å². The molecule has 0 aromatic carbocycles. The highest BCUT2D eigenvalue weighted by molar-refractivity contribution is 4.75. The second-order valence-corrected chi connectivity index (χ2v) is 4.15. The average molecular weight is 167 g/mol. The second-order valence-electron chi connectivity index (χ2n) is 4.15. The Bertz CT molecular complexity index is 124. The molecule has 2 heteroatoms. The van der Waals surface area contributed by atoms with Gasteiger partial charge in [0.05, 0.1) is 0 Å². The van der Waals surface area contributed by atoms with Crippen LogP contribution in [0.25, 0.3) is 0 Å². The van der Waals surface area contributed by atoms with Gasteiger partial charge in [-0.05, 0) is 44.7 Å². The van der Waals surface area contributed by atoms with E-state index < -0.39 is 0 Å². The largest absolute Gasteiger partial charge is 0.303 e. The van der Waals surface area contributed by atoms with E-state index in [1.165, 1.54) is 45.3 Å². The van der Waals surface area contributed by atoms with Crippen LogP contribution >= 0.6 is 0 Å². The normalized spacial score (nSPS) is 32.5. The van der Waals surface area contributed by atoms with Crippen molar-refractivity contribution in [3.8, 4) is 0 Å². The summed E-state index contributed by atoms with van der Waals surface area (Å²) in [5.74, 6) is 0.886. The van der Waals surface area contributed by atoms with E-state index in [4.69, 9.17) is 0 Å². The van der Waals surface area contributed by atoms with E-state index in [1.54, 1.807) is 0 Å². The Hall–Kier alpha value is -0.0800. The zero-order valence-electron chi connectivity index (χ0n) is 7.84. The van der Waals surface area contributed by atoms with Crippen LogP contribution in [0.4, 0.5) is 0 Å². The summed E-state index contributed by atoms with van der Waals surface area (Å²) in [6.45, 7) is 6.27. The van der Waals surface area contributed by atoms with E-state index >= 15 is 0 Å². The summed E-state index contributed by atoms with van der Waals surface area (Å²) in [6, 6.07) is 0. The zero-order chi connectivity index (χ0) is 8.23. The van der Waals surface area contributed by atoms with Gasteiger partial charge in [-0.15, -0.1) is 0 Å². The van der Waals surface area contributed by atoms with E-state index in [0.29, 0.717) is 0 Å². The highest BCUT2D eigenvalue weighted by atomic mass is 15.1. The molecule has 69 valence electrons. The number of piperidine rings is 1. The molecule has 2 rings (SSSR count). The standard InChI is InChI=1S/C10H19N2/c1-2-7-12(6-1)9-10-4-3-5-11-8-10/h10H,1-9H2. The highest BCUT2D eigenvalue weighted by Crippen LogP contribution is 2.15. The van der Waals surface area contributed by atoms with Gasteiger partial charge in [0.15, 0.2) is 0 Å². The van der Waals surface area contributed by atoms with Crippen LogP contribution in [-0.2, 0) is 0 Å². The zero-order valence-corrected chi connectivity index (χ0v) is 7.84. The van der Waals surface area contributed by atoms with Crippen molar-refractivity contribution in [3.05, 3.63) is 0 Å². The maximum absolute atomic E-state index is 4.47. The Morgan fingerprint density at radius 2 is 2.00 bits per heavy atom. The van der Waals surface area contributed by atoms with Crippen molar-refractivity contribution < 1.29 is 0 Å². The van der Waals surface area contributed by atoms with Gasteiger partial charge in [0, 0.05) is 19.6 Å². The third kappa shape index (κ3) is 2.20. The number of rotatable bonds is 2. The number of likely N-dealkylation sites (tertiary alicyclic amines) is 1. The molecule has 0 amide bonds. The molecule has 0 bridgehead atoms. The van der Waals surface area contributed by atoms with Gasteiger partial charge in [-0.25, -0.2) is 5.32 Å². The lowest BCUT2D eigenvalue weighted by molar-refractivity contribution is 0.242. The molecule has 1 radical (unpaired) electrons. The Kier molecular flexibility index (Phi) is 3.01. The molecule has 2 aliphatic heterocycles. The average Bonchev–Trinajstić information content (AvgIpc) is 2.59. The van der Waals surface area contributed by atoms with Crippen molar-refractivity contribution in [2.24, 2.45) is 5.92 Å². The van der Waals surface area contributed by atoms with E-state index in [2.05, 4.69) is 10.2 Å². The first-order chi connectivity index (χ1) is 5.95. The smallest absolute Gasteiger partial charge is 0.0173 e. The number of hydrogen-bond acceptors (Lipinski definition) is 1. The molecule has 1 unspecified atom stereocenters. The second kappa shape index (κ2) is 4.24. The Morgan fingerprint density at radius 3 is 2.67 bits per heavy atom. The summed E-state index contributed by atoms with van der Waals surface area (Å²) in [7, 11) is 0. The molecule has 0 N–H and O–H groups in total. The lowest BCUT2D eigenvalue weighted by atomic mass is 9.99. The summed E-state index contributed by atoms with van der Waals surface area (Å²) >= 11 is 0. The number of hydrogen-bond donors (Lipinski definition) is 0. The van der Waals surface area contributed by atoms with Crippen molar-refractivity contribution in [3.63, 3.8) is 0 Å². The Balaban J connectivity index is 1.69. The van der Waals surface area contributed by atoms with Gasteiger partial charge in [-0.3, -0.25) is 0 Å². The van der Waals surface area contributed by atoms with Crippen molar-refractivity contribution in [1.29, 1.82) is 0 Å². The molecule has 0 aromatic heterocycles. The van der Waals surface area contributed by atoms with Crippen LogP contribution in [0.5, 0.6) is 0 Å². The van der Waals surface area contributed by atoms with Gasteiger partial charge in [0.2, 0.25) is 0 Å². The molecule has 1 atom stereocenters. The fourth-order valence-corrected chi connectivity index (χ4v) is 2.34. The van der Waals surface area contributed by atoms with Crippen LogP contribution in [0.3, 0.4) is 0 Å². The molecule has 0 spiro atoms. The lowest BCUT2D eigenvalue weighted by Crippen LogP contribution is -2.34. The molecule has 0 aromatic rings. The molecule has 2 aliphatic rings. The van der Waals surface area contributed by atoms with Gasteiger partial charge in [-0.2, -0.15) is 0 Å². The van der Waals surface area contributed by atoms with Crippen molar-refractivity contribution >= 4 is 0 Å². The lowest BCUT2D eigenvalue weighted by Gasteiger charge is -2.26. The SMILES string of the molecule is C1C[N]CC(CN2CCCC2)C1. The fourth-order valence-electron chi connectivity index (χ4n) is 2.34. The maximum atomic E-state index is 4.47. The van der Waals surface area contributed by atoms with Crippen LogP contribution in [-0.4, -0.2) is 37.6 Å². The molecule has 12 heavy (non-hydrogen) atoms. The fraction of sp³-hybridized carbons (Fsp3) is 1.00. The Morgan fingerprint density at radius 1 is 1.17 bits per heavy atom. The van der Waals surface area contributed by atoms with Gasteiger partial charge in [0.1, 0.15) is 0 Å². The highest BCUT2D eigenvalue weighted by Gasteiger charge is 2.19. The minimum absolute atomic E-state index is 0.886. The molecule has 2 nitrogen and oxygen atoms in total. The third-order valence-corrected chi connectivity index (χ3v) is 3.03. The first kappa shape index (κ1) is 8.52. The predicted octanol–water partition coefficient (Wildman–Crippen LogP) is 1.10. The Labute approximate surface area is 75.3 Å².